The molecule has 3 aliphatic rings. The van der Waals surface area contributed by atoms with Crippen LogP contribution in [-0.2, 0) is 10.0 Å². The van der Waals surface area contributed by atoms with Gasteiger partial charge in [0, 0.05) is 37.8 Å². The molecule has 0 aromatic carbocycles. The minimum absolute atomic E-state index is 0.255. The normalized spacial score (nSPS) is 33.5. The van der Waals surface area contributed by atoms with Crippen molar-refractivity contribution in [3.63, 3.8) is 0 Å². The van der Waals surface area contributed by atoms with E-state index in [0.29, 0.717) is 37.8 Å². The Morgan fingerprint density at radius 3 is 2.58 bits per heavy atom. The Kier molecular flexibility index (Phi) is 3.86. The molecule has 1 aliphatic carbocycles. The molecule has 2 atom stereocenters. The van der Waals surface area contributed by atoms with Crippen LogP contribution in [0.15, 0.2) is 0 Å². The maximum atomic E-state index is 12.4. The molecule has 0 amide bonds. The van der Waals surface area contributed by atoms with E-state index in [2.05, 4.69) is 17.3 Å². The third-order valence-electron chi connectivity index (χ3n) is 4.87. The van der Waals surface area contributed by atoms with Gasteiger partial charge in [0.1, 0.15) is 0 Å². The first kappa shape index (κ1) is 13.8. The number of rotatable bonds is 5. The van der Waals surface area contributed by atoms with Crippen molar-refractivity contribution >= 4 is 10.0 Å². The van der Waals surface area contributed by atoms with Gasteiger partial charge in [-0.05, 0) is 39.2 Å². The zero-order valence-electron chi connectivity index (χ0n) is 11.7. The van der Waals surface area contributed by atoms with Gasteiger partial charge in [-0.2, -0.15) is 0 Å². The van der Waals surface area contributed by atoms with Crippen LogP contribution in [0.2, 0.25) is 0 Å². The third kappa shape index (κ3) is 3.12. The molecule has 1 N–H and O–H groups in total. The molecule has 19 heavy (non-hydrogen) atoms. The lowest BCUT2D eigenvalue weighted by Gasteiger charge is -2.25. The molecule has 0 spiro atoms. The summed E-state index contributed by atoms with van der Waals surface area (Å²) in [6.45, 7) is 2.00. The summed E-state index contributed by atoms with van der Waals surface area (Å²) in [5.74, 6) is 0.255. The Morgan fingerprint density at radius 1 is 1.11 bits per heavy atom. The lowest BCUT2D eigenvalue weighted by molar-refractivity contribution is 0.246. The highest BCUT2D eigenvalue weighted by Gasteiger charge is 2.38. The summed E-state index contributed by atoms with van der Waals surface area (Å²) < 4.78 is 26.5. The van der Waals surface area contributed by atoms with Crippen molar-refractivity contribution in [2.75, 3.05) is 32.4 Å². The maximum absolute atomic E-state index is 12.4. The SMILES string of the molecule is CN1C2CCC1CN(S(=O)(=O)CCNC1CC1)CC2. The van der Waals surface area contributed by atoms with Gasteiger partial charge in [0.15, 0.2) is 0 Å². The first-order valence-electron chi connectivity index (χ1n) is 7.49. The second kappa shape index (κ2) is 5.31. The van der Waals surface area contributed by atoms with Crippen molar-refractivity contribution in [1.29, 1.82) is 0 Å². The highest BCUT2D eigenvalue weighted by Crippen LogP contribution is 2.29. The Bertz CT molecular complexity index is 422. The zero-order valence-corrected chi connectivity index (χ0v) is 12.5. The quantitative estimate of drug-likeness (QED) is 0.787. The highest BCUT2D eigenvalue weighted by molar-refractivity contribution is 7.89. The van der Waals surface area contributed by atoms with E-state index in [9.17, 15) is 8.42 Å². The fourth-order valence-corrected chi connectivity index (χ4v) is 4.76. The van der Waals surface area contributed by atoms with E-state index < -0.39 is 10.0 Å². The second-order valence-electron chi connectivity index (χ2n) is 6.24. The zero-order chi connectivity index (χ0) is 13.5. The number of likely N-dealkylation sites (N-methyl/N-ethyl adjacent to an activating group) is 1. The van der Waals surface area contributed by atoms with Gasteiger partial charge < -0.3 is 5.32 Å². The fourth-order valence-electron chi connectivity index (χ4n) is 3.34. The van der Waals surface area contributed by atoms with Crippen molar-refractivity contribution in [1.82, 2.24) is 14.5 Å². The summed E-state index contributed by atoms with van der Waals surface area (Å²) in [5.41, 5.74) is 0. The van der Waals surface area contributed by atoms with E-state index in [1.165, 1.54) is 19.3 Å². The van der Waals surface area contributed by atoms with Gasteiger partial charge in [-0.3, -0.25) is 4.90 Å². The summed E-state index contributed by atoms with van der Waals surface area (Å²) in [6, 6.07) is 1.61. The molecular formula is C13H25N3O2S. The number of nitrogens with zero attached hydrogens (tertiary/aromatic N) is 2. The van der Waals surface area contributed by atoms with Crippen LogP contribution in [0.1, 0.15) is 32.1 Å². The summed E-state index contributed by atoms with van der Waals surface area (Å²) in [7, 11) is -0.930. The average Bonchev–Trinajstić information content (AvgIpc) is 3.08. The smallest absolute Gasteiger partial charge is 0.215 e. The molecule has 2 bridgehead atoms. The molecule has 2 aliphatic heterocycles. The van der Waals surface area contributed by atoms with Crippen molar-refractivity contribution in [3.05, 3.63) is 0 Å². The van der Waals surface area contributed by atoms with Crippen LogP contribution >= 0.6 is 0 Å². The van der Waals surface area contributed by atoms with E-state index >= 15 is 0 Å². The number of sulfonamides is 1. The van der Waals surface area contributed by atoms with Crippen LogP contribution in [0.5, 0.6) is 0 Å². The number of hydrogen-bond acceptors (Lipinski definition) is 4. The minimum atomic E-state index is -3.08. The molecule has 5 nitrogen and oxygen atoms in total. The van der Waals surface area contributed by atoms with Crippen molar-refractivity contribution in [3.8, 4) is 0 Å². The number of fused-ring (bicyclic) bond motifs is 2. The predicted octanol–water partition coefficient (Wildman–Crippen LogP) is 0.237. The number of hydrogen-bond donors (Lipinski definition) is 1. The van der Waals surface area contributed by atoms with E-state index in [1.807, 2.05) is 0 Å². The fraction of sp³-hybridized carbons (Fsp3) is 1.00. The van der Waals surface area contributed by atoms with Gasteiger partial charge in [0.25, 0.3) is 0 Å². The van der Waals surface area contributed by atoms with Gasteiger partial charge >= 0.3 is 0 Å². The Labute approximate surface area is 116 Å². The molecule has 3 rings (SSSR count). The van der Waals surface area contributed by atoms with E-state index in [-0.39, 0.29) is 5.75 Å². The summed E-state index contributed by atoms with van der Waals surface area (Å²) in [4.78, 5) is 2.39. The average molecular weight is 287 g/mol. The standard InChI is InChI=1S/C13H25N3O2S/c1-15-12-4-5-13(15)10-16(8-6-12)19(17,18)9-7-14-11-2-3-11/h11-14H,2-10H2,1H3. The maximum Gasteiger partial charge on any atom is 0.215 e. The van der Waals surface area contributed by atoms with Crippen LogP contribution in [0.4, 0.5) is 0 Å². The Morgan fingerprint density at radius 2 is 1.84 bits per heavy atom. The van der Waals surface area contributed by atoms with Gasteiger partial charge in [-0.15, -0.1) is 0 Å². The van der Waals surface area contributed by atoms with Crippen molar-refractivity contribution < 1.29 is 8.42 Å². The molecule has 110 valence electrons. The Hall–Kier alpha value is -0.170. The van der Waals surface area contributed by atoms with E-state index in [1.54, 1.807) is 4.31 Å². The third-order valence-corrected chi connectivity index (χ3v) is 6.71. The summed E-state index contributed by atoms with van der Waals surface area (Å²) in [6.07, 6.45) is 5.78. The van der Waals surface area contributed by atoms with Crippen molar-refractivity contribution in [2.45, 2.75) is 50.2 Å². The monoisotopic (exact) mass is 287 g/mol. The van der Waals surface area contributed by atoms with Gasteiger partial charge in [0.05, 0.1) is 5.75 Å². The van der Waals surface area contributed by atoms with Crippen molar-refractivity contribution in [2.24, 2.45) is 0 Å². The number of nitrogens with one attached hydrogen (secondary N) is 1. The van der Waals surface area contributed by atoms with Gasteiger partial charge in [-0.1, -0.05) is 0 Å². The molecular weight excluding hydrogens is 262 g/mol. The lowest BCUT2D eigenvalue weighted by Crippen LogP contribution is -2.42. The first-order chi connectivity index (χ1) is 9.06. The molecule has 0 radical (unpaired) electrons. The van der Waals surface area contributed by atoms with E-state index in [4.69, 9.17) is 0 Å². The summed E-state index contributed by atoms with van der Waals surface area (Å²) in [5, 5.41) is 3.29. The van der Waals surface area contributed by atoms with E-state index in [0.717, 1.165) is 12.8 Å². The largest absolute Gasteiger partial charge is 0.313 e. The van der Waals surface area contributed by atoms with Crippen LogP contribution in [-0.4, -0.2) is 68.2 Å². The Balaban J connectivity index is 1.57. The van der Waals surface area contributed by atoms with Gasteiger partial charge in [0.2, 0.25) is 10.0 Å². The second-order valence-corrected chi connectivity index (χ2v) is 8.33. The highest BCUT2D eigenvalue weighted by atomic mass is 32.2. The van der Waals surface area contributed by atoms with Crippen LogP contribution in [0, 0.1) is 0 Å². The molecule has 2 unspecified atom stereocenters. The molecule has 2 heterocycles. The topological polar surface area (TPSA) is 52.7 Å². The first-order valence-corrected chi connectivity index (χ1v) is 9.10. The summed E-state index contributed by atoms with van der Waals surface area (Å²) >= 11 is 0. The molecule has 3 fully saturated rings. The van der Waals surface area contributed by atoms with Crippen LogP contribution in [0.25, 0.3) is 0 Å². The van der Waals surface area contributed by atoms with Gasteiger partial charge in [-0.25, -0.2) is 12.7 Å². The predicted molar refractivity (Wildman–Crippen MR) is 75.6 cm³/mol. The molecule has 2 saturated heterocycles. The molecule has 0 aromatic rings. The molecule has 0 aromatic heterocycles. The van der Waals surface area contributed by atoms with Crippen LogP contribution < -0.4 is 5.32 Å². The molecule has 6 heteroatoms. The molecule has 1 saturated carbocycles. The lowest BCUT2D eigenvalue weighted by atomic mass is 10.1. The minimum Gasteiger partial charge on any atom is -0.313 e. The van der Waals surface area contributed by atoms with Crippen LogP contribution in [0.3, 0.4) is 0 Å².